The molecule has 1 aromatic heterocycles. The van der Waals surface area contributed by atoms with E-state index in [2.05, 4.69) is 42.9 Å². The first-order valence-corrected chi connectivity index (χ1v) is 5.25. The lowest BCUT2D eigenvalue weighted by Crippen LogP contribution is -1.70. The lowest BCUT2D eigenvalue weighted by molar-refractivity contribution is 1.59. The van der Waals surface area contributed by atoms with Gasteiger partial charge >= 0.3 is 0 Å². The minimum atomic E-state index is 1.26. The van der Waals surface area contributed by atoms with Crippen molar-refractivity contribution in [3.63, 3.8) is 0 Å². The van der Waals surface area contributed by atoms with E-state index in [1.165, 1.54) is 20.5 Å². The van der Waals surface area contributed by atoms with Crippen molar-refractivity contribution in [3.05, 3.63) is 40.9 Å². The molecule has 0 fully saturated rings. The summed E-state index contributed by atoms with van der Waals surface area (Å²) in [6.45, 7) is 5.57. The third kappa shape index (κ3) is 1.49. The molecule has 1 heterocycles. The molecule has 2 aromatic rings. The molecule has 0 amide bonds. The Morgan fingerprint density at radius 2 is 2.14 bits per heavy atom. The molecule has 2 heteroatoms. The van der Waals surface area contributed by atoms with Gasteiger partial charge in [0.2, 0.25) is 0 Å². The van der Waals surface area contributed by atoms with Crippen LogP contribution in [0.2, 0.25) is 0 Å². The van der Waals surface area contributed by atoms with Crippen molar-refractivity contribution in [3.8, 4) is 0 Å². The van der Waals surface area contributed by atoms with Crippen LogP contribution in [-0.4, -0.2) is 6.72 Å². The molecule has 0 bridgehead atoms. The molecule has 2 rings (SSSR count). The summed E-state index contributed by atoms with van der Waals surface area (Å²) in [7, 11) is 0. The van der Waals surface area contributed by atoms with Crippen LogP contribution >= 0.6 is 11.3 Å². The van der Waals surface area contributed by atoms with Gasteiger partial charge in [0, 0.05) is 21.2 Å². The molecule has 0 atom stereocenters. The molecule has 0 saturated carbocycles. The van der Waals surface area contributed by atoms with Gasteiger partial charge in [0.1, 0.15) is 0 Å². The molecular weight excluding hydrogens is 190 g/mol. The number of hydrogen-bond donors (Lipinski definition) is 0. The monoisotopic (exact) mass is 201 g/mol. The summed E-state index contributed by atoms with van der Waals surface area (Å²) in [5, 5.41) is 1.30. The number of fused-ring (bicyclic) bond motifs is 1. The Morgan fingerprint density at radius 3 is 2.93 bits per heavy atom. The predicted molar refractivity (Wildman–Crippen MR) is 65.1 cm³/mol. The number of hydrogen-bond acceptors (Lipinski definition) is 2. The maximum Gasteiger partial charge on any atom is 0.0351 e. The van der Waals surface area contributed by atoms with E-state index in [0.29, 0.717) is 0 Å². The second-order valence-electron chi connectivity index (χ2n) is 3.07. The Labute approximate surface area is 87.4 Å². The lowest BCUT2D eigenvalue weighted by Gasteiger charge is -1.91. The summed E-state index contributed by atoms with van der Waals surface area (Å²) < 4.78 is 1.33. The molecule has 0 N–H and O–H groups in total. The van der Waals surface area contributed by atoms with E-state index in [4.69, 9.17) is 0 Å². The van der Waals surface area contributed by atoms with Gasteiger partial charge in [-0.25, -0.2) is 0 Å². The smallest absolute Gasteiger partial charge is 0.0351 e. The average Bonchev–Trinajstić information content (AvgIpc) is 2.51. The van der Waals surface area contributed by atoms with Crippen LogP contribution in [0.25, 0.3) is 16.2 Å². The van der Waals surface area contributed by atoms with Crippen molar-refractivity contribution in [2.24, 2.45) is 4.99 Å². The van der Waals surface area contributed by atoms with Gasteiger partial charge in [-0.15, -0.1) is 11.3 Å². The molecule has 1 aromatic carbocycles. The van der Waals surface area contributed by atoms with Crippen molar-refractivity contribution in [2.75, 3.05) is 0 Å². The summed E-state index contributed by atoms with van der Waals surface area (Å²) >= 11 is 1.82. The molecule has 1 nitrogen and oxygen atoms in total. The van der Waals surface area contributed by atoms with E-state index in [0.717, 1.165) is 0 Å². The maximum atomic E-state index is 3.73. The molecule has 0 radical (unpaired) electrons. The highest BCUT2D eigenvalue weighted by Gasteiger charge is 2.04. The fourth-order valence-corrected chi connectivity index (χ4v) is 2.57. The molecule has 14 heavy (non-hydrogen) atoms. The van der Waals surface area contributed by atoms with Crippen LogP contribution < -0.4 is 0 Å². The van der Waals surface area contributed by atoms with Crippen molar-refractivity contribution in [1.82, 2.24) is 0 Å². The molecular formula is C12H11NS. The Bertz CT molecular complexity index is 494. The second-order valence-corrected chi connectivity index (χ2v) is 4.32. The molecule has 0 aliphatic heterocycles. The van der Waals surface area contributed by atoms with Crippen molar-refractivity contribution >= 4 is 34.2 Å². The zero-order chi connectivity index (χ0) is 9.97. The highest BCUT2D eigenvalue weighted by Crippen LogP contribution is 2.31. The van der Waals surface area contributed by atoms with Gasteiger partial charge in [0.05, 0.1) is 0 Å². The largest absolute Gasteiger partial charge is 0.272 e. The van der Waals surface area contributed by atoms with Crippen LogP contribution in [0.5, 0.6) is 0 Å². The minimum absolute atomic E-state index is 1.26. The molecule has 0 aliphatic rings. The first-order chi connectivity index (χ1) is 6.83. The summed E-state index contributed by atoms with van der Waals surface area (Å²) in [5.41, 5.74) is 1.26. The summed E-state index contributed by atoms with van der Waals surface area (Å²) in [6.07, 6.45) is 3.75. The van der Waals surface area contributed by atoms with Crippen molar-refractivity contribution < 1.29 is 0 Å². The standard InChI is InChI=1S/C12H11NS/c1-9-10(7-8-13-2)11-5-3-4-6-12(11)14-9/h3-8H,2H2,1H3/b8-7-. The average molecular weight is 201 g/mol. The summed E-state index contributed by atoms with van der Waals surface area (Å²) in [6, 6.07) is 8.41. The van der Waals surface area contributed by atoms with Crippen molar-refractivity contribution in [1.29, 1.82) is 0 Å². The van der Waals surface area contributed by atoms with Crippen LogP contribution in [0, 0.1) is 6.92 Å². The summed E-state index contributed by atoms with van der Waals surface area (Å²) in [4.78, 5) is 5.06. The van der Waals surface area contributed by atoms with E-state index in [1.54, 1.807) is 6.20 Å². The highest BCUT2D eigenvalue weighted by atomic mass is 32.1. The highest BCUT2D eigenvalue weighted by molar-refractivity contribution is 7.19. The zero-order valence-corrected chi connectivity index (χ0v) is 8.84. The lowest BCUT2D eigenvalue weighted by atomic mass is 10.1. The van der Waals surface area contributed by atoms with E-state index in [9.17, 15) is 0 Å². The van der Waals surface area contributed by atoms with E-state index in [-0.39, 0.29) is 0 Å². The van der Waals surface area contributed by atoms with Gasteiger partial charge in [-0.2, -0.15) is 0 Å². The number of rotatable bonds is 2. The quantitative estimate of drug-likeness (QED) is 0.654. The third-order valence-corrected chi connectivity index (χ3v) is 3.27. The molecule has 0 aliphatic carbocycles. The first-order valence-electron chi connectivity index (χ1n) is 4.43. The number of aryl methyl sites for hydroxylation is 1. The van der Waals surface area contributed by atoms with Gasteiger partial charge < -0.3 is 0 Å². The van der Waals surface area contributed by atoms with Gasteiger partial charge in [0.15, 0.2) is 0 Å². The molecule has 0 saturated heterocycles. The van der Waals surface area contributed by atoms with Gasteiger partial charge in [-0.1, -0.05) is 18.2 Å². The minimum Gasteiger partial charge on any atom is -0.272 e. The topological polar surface area (TPSA) is 12.4 Å². The van der Waals surface area contributed by atoms with Crippen LogP contribution in [0.3, 0.4) is 0 Å². The fraction of sp³-hybridized carbons (Fsp3) is 0.0833. The van der Waals surface area contributed by atoms with Crippen LogP contribution in [0.4, 0.5) is 0 Å². The summed E-state index contributed by atoms with van der Waals surface area (Å²) in [5.74, 6) is 0. The Morgan fingerprint density at radius 1 is 1.36 bits per heavy atom. The van der Waals surface area contributed by atoms with Gasteiger partial charge in [-0.05, 0) is 31.3 Å². The van der Waals surface area contributed by atoms with E-state index < -0.39 is 0 Å². The predicted octanol–water partition coefficient (Wildman–Crippen LogP) is 3.88. The van der Waals surface area contributed by atoms with Gasteiger partial charge in [-0.3, -0.25) is 4.99 Å². The third-order valence-electron chi connectivity index (χ3n) is 2.17. The van der Waals surface area contributed by atoms with E-state index in [1.807, 2.05) is 17.4 Å². The number of nitrogens with zero attached hydrogens (tertiary/aromatic N) is 1. The SMILES string of the molecule is C=N/C=C\c1c(C)sc2ccccc12. The maximum absolute atomic E-state index is 3.73. The van der Waals surface area contributed by atoms with Crippen LogP contribution in [-0.2, 0) is 0 Å². The van der Waals surface area contributed by atoms with Gasteiger partial charge in [0.25, 0.3) is 0 Å². The fourth-order valence-electron chi connectivity index (χ4n) is 1.52. The Kier molecular flexibility index (Phi) is 2.46. The van der Waals surface area contributed by atoms with Crippen molar-refractivity contribution in [2.45, 2.75) is 6.92 Å². The molecule has 0 unspecified atom stereocenters. The Balaban J connectivity index is 2.67. The molecule has 70 valence electrons. The zero-order valence-electron chi connectivity index (χ0n) is 8.03. The normalized spacial score (nSPS) is 11.2. The molecule has 0 spiro atoms. The van der Waals surface area contributed by atoms with Crippen LogP contribution in [0.1, 0.15) is 10.4 Å². The second kappa shape index (κ2) is 3.76. The van der Waals surface area contributed by atoms with Crippen LogP contribution in [0.15, 0.2) is 35.5 Å². The van der Waals surface area contributed by atoms with E-state index >= 15 is 0 Å². The number of thiophene rings is 1. The number of aliphatic imine (C=N–C) groups is 1. The first kappa shape index (κ1) is 9.16. The Hall–Kier alpha value is -1.41. The number of benzene rings is 1.